The molecule has 5 nitrogen and oxygen atoms in total. The van der Waals surface area contributed by atoms with Crippen LogP contribution in [0, 0.1) is 0 Å². The number of aliphatic hydroxyl groups excluding tert-OH is 2. The minimum Gasteiger partial charge on any atom is -0.395 e. The van der Waals surface area contributed by atoms with E-state index in [1.54, 1.807) is 0 Å². The number of aliphatic hydroxyl groups is 2. The molecule has 0 unspecified atom stereocenters. The van der Waals surface area contributed by atoms with E-state index >= 15 is 0 Å². The number of nitrogens with zero attached hydrogens (tertiary/aromatic N) is 2. The van der Waals surface area contributed by atoms with E-state index in [0.29, 0.717) is 24.8 Å². The van der Waals surface area contributed by atoms with Crippen LogP contribution in [0.2, 0.25) is 0 Å². The van der Waals surface area contributed by atoms with Crippen molar-refractivity contribution in [3.8, 4) is 0 Å². The highest BCUT2D eigenvalue weighted by Gasteiger charge is 2.32. The second kappa shape index (κ2) is 4.99. The molecular weight excluding hydrogens is 226 g/mol. The number of rotatable bonds is 6. The van der Waals surface area contributed by atoms with Crippen molar-refractivity contribution in [1.29, 1.82) is 0 Å². The third kappa shape index (κ3) is 2.28. The fourth-order valence-corrected chi connectivity index (χ4v) is 2.79. The van der Waals surface area contributed by atoms with Gasteiger partial charge < -0.3 is 20.8 Å². The second-order valence-electron chi connectivity index (χ2n) is 4.00. The second-order valence-corrected chi connectivity index (χ2v) is 4.75. The minimum atomic E-state index is 0.0713. The van der Waals surface area contributed by atoms with Crippen LogP contribution in [0.4, 0.5) is 10.8 Å². The number of hydrogen-bond donors (Lipinski definition) is 3. The van der Waals surface area contributed by atoms with Crippen molar-refractivity contribution in [2.75, 3.05) is 36.9 Å². The van der Waals surface area contributed by atoms with Crippen LogP contribution < -0.4 is 10.6 Å². The first-order chi connectivity index (χ1) is 7.77. The largest absolute Gasteiger partial charge is 0.395 e. The lowest BCUT2D eigenvalue weighted by molar-refractivity contribution is 0.281. The first-order valence-corrected chi connectivity index (χ1v) is 6.27. The van der Waals surface area contributed by atoms with Crippen molar-refractivity contribution < 1.29 is 10.2 Å². The van der Waals surface area contributed by atoms with E-state index in [1.807, 2.05) is 4.90 Å². The van der Waals surface area contributed by atoms with Crippen LogP contribution in [0.5, 0.6) is 0 Å². The maximum atomic E-state index is 9.01. The molecule has 0 atom stereocenters. The number of nitrogen functional groups attached to an aromatic ring is 1. The summed E-state index contributed by atoms with van der Waals surface area (Å²) >= 11 is 1.36. The smallest absolute Gasteiger partial charge is 0.142 e. The zero-order valence-corrected chi connectivity index (χ0v) is 9.91. The summed E-state index contributed by atoms with van der Waals surface area (Å²) in [5.74, 6) is 1.15. The third-order valence-corrected chi connectivity index (χ3v) is 3.69. The Balaban J connectivity index is 2.21. The highest BCUT2D eigenvalue weighted by atomic mass is 32.1. The van der Waals surface area contributed by atoms with E-state index < -0.39 is 0 Å². The van der Waals surface area contributed by atoms with Crippen LogP contribution in [0.1, 0.15) is 24.3 Å². The van der Waals surface area contributed by atoms with Crippen LogP contribution in [0.3, 0.4) is 0 Å². The quantitative estimate of drug-likeness (QED) is 0.673. The molecule has 16 heavy (non-hydrogen) atoms. The summed E-state index contributed by atoms with van der Waals surface area (Å²) in [7, 11) is 0. The topological polar surface area (TPSA) is 82.6 Å². The highest BCUT2D eigenvalue weighted by molar-refractivity contribution is 7.10. The van der Waals surface area contributed by atoms with E-state index in [-0.39, 0.29) is 13.2 Å². The lowest BCUT2D eigenvalue weighted by Gasteiger charge is -2.22. The number of aromatic nitrogens is 1. The van der Waals surface area contributed by atoms with Crippen molar-refractivity contribution in [3.05, 3.63) is 5.56 Å². The Morgan fingerprint density at radius 2 is 1.94 bits per heavy atom. The fourth-order valence-electron chi connectivity index (χ4n) is 1.84. The zero-order valence-electron chi connectivity index (χ0n) is 9.09. The fraction of sp³-hybridized carbons (Fsp3) is 0.700. The molecule has 2 rings (SSSR count). The molecule has 1 aromatic heterocycles. The average Bonchev–Trinajstić information content (AvgIpc) is 3.02. The summed E-state index contributed by atoms with van der Waals surface area (Å²) in [6.07, 6.45) is 2.34. The van der Waals surface area contributed by atoms with Gasteiger partial charge in [-0.2, -0.15) is 4.37 Å². The van der Waals surface area contributed by atoms with Gasteiger partial charge in [0, 0.05) is 18.7 Å². The van der Waals surface area contributed by atoms with Gasteiger partial charge in [0.1, 0.15) is 10.8 Å². The van der Waals surface area contributed by atoms with Gasteiger partial charge >= 0.3 is 0 Å². The summed E-state index contributed by atoms with van der Waals surface area (Å²) in [4.78, 5) is 1.96. The molecule has 1 saturated carbocycles. The Hall–Kier alpha value is -0.850. The number of nitrogens with two attached hydrogens (primary N) is 1. The lowest BCUT2D eigenvalue weighted by Crippen LogP contribution is -2.29. The highest BCUT2D eigenvalue weighted by Crippen LogP contribution is 2.48. The van der Waals surface area contributed by atoms with Gasteiger partial charge in [0.15, 0.2) is 0 Å². The van der Waals surface area contributed by atoms with E-state index in [4.69, 9.17) is 15.9 Å². The van der Waals surface area contributed by atoms with E-state index in [2.05, 4.69) is 4.37 Å². The summed E-state index contributed by atoms with van der Waals surface area (Å²) in [6.45, 7) is 1.17. The molecule has 0 aliphatic heterocycles. The van der Waals surface area contributed by atoms with Crippen LogP contribution in [-0.2, 0) is 0 Å². The molecule has 1 heterocycles. The molecule has 1 fully saturated rings. The molecule has 6 heteroatoms. The Kier molecular flexibility index (Phi) is 3.63. The molecule has 1 aliphatic rings. The van der Waals surface area contributed by atoms with Crippen molar-refractivity contribution in [2.24, 2.45) is 0 Å². The summed E-state index contributed by atoms with van der Waals surface area (Å²) in [5, 5.41) is 19.0. The van der Waals surface area contributed by atoms with Crippen molar-refractivity contribution in [3.63, 3.8) is 0 Å². The first-order valence-electron chi connectivity index (χ1n) is 5.49. The van der Waals surface area contributed by atoms with Gasteiger partial charge in [0.25, 0.3) is 0 Å². The van der Waals surface area contributed by atoms with Crippen molar-refractivity contribution in [1.82, 2.24) is 4.37 Å². The van der Waals surface area contributed by atoms with E-state index in [1.165, 1.54) is 24.4 Å². The Morgan fingerprint density at radius 1 is 1.31 bits per heavy atom. The minimum absolute atomic E-state index is 0.0713. The van der Waals surface area contributed by atoms with Gasteiger partial charge in [-0.1, -0.05) is 0 Å². The van der Waals surface area contributed by atoms with Gasteiger partial charge in [-0.25, -0.2) is 0 Å². The average molecular weight is 243 g/mol. The predicted molar refractivity (Wildman–Crippen MR) is 64.9 cm³/mol. The van der Waals surface area contributed by atoms with E-state index in [0.717, 1.165) is 10.6 Å². The molecule has 0 aromatic carbocycles. The summed E-state index contributed by atoms with van der Waals surface area (Å²) in [6, 6.07) is 0. The number of anilines is 2. The molecule has 0 bridgehead atoms. The Labute approximate surface area is 98.7 Å². The first kappa shape index (κ1) is 11.6. The molecule has 0 amide bonds. The molecule has 1 aromatic rings. The van der Waals surface area contributed by atoms with Crippen LogP contribution >= 0.6 is 11.5 Å². The molecule has 0 radical (unpaired) electrons. The van der Waals surface area contributed by atoms with Gasteiger partial charge in [-0.3, -0.25) is 0 Å². The SMILES string of the molecule is Nc1nsc(N(CCO)CCO)c1C1CC1. The Morgan fingerprint density at radius 3 is 2.44 bits per heavy atom. The van der Waals surface area contributed by atoms with Gasteiger partial charge in [0.2, 0.25) is 0 Å². The Bertz CT molecular complexity index is 346. The van der Waals surface area contributed by atoms with Gasteiger partial charge in [-0.05, 0) is 30.3 Å². The maximum Gasteiger partial charge on any atom is 0.142 e. The maximum absolute atomic E-state index is 9.01. The standard InChI is InChI=1S/C10H17N3O2S/c11-9-8(7-1-2-7)10(16-12-9)13(3-5-14)4-6-15/h7,14-15H,1-6H2,(H2,11,12). The number of hydrogen-bond acceptors (Lipinski definition) is 6. The lowest BCUT2D eigenvalue weighted by atomic mass is 10.2. The normalized spacial score (nSPS) is 15.4. The molecule has 0 saturated heterocycles. The van der Waals surface area contributed by atoms with Gasteiger partial charge in [0.05, 0.1) is 13.2 Å². The zero-order chi connectivity index (χ0) is 11.5. The van der Waals surface area contributed by atoms with Crippen LogP contribution in [0.15, 0.2) is 0 Å². The monoisotopic (exact) mass is 243 g/mol. The van der Waals surface area contributed by atoms with Crippen LogP contribution in [0.25, 0.3) is 0 Å². The molecular formula is C10H17N3O2S. The molecule has 4 N–H and O–H groups in total. The van der Waals surface area contributed by atoms with Crippen molar-refractivity contribution >= 4 is 22.4 Å². The van der Waals surface area contributed by atoms with E-state index in [9.17, 15) is 0 Å². The molecule has 0 spiro atoms. The van der Waals surface area contributed by atoms with Gasteiger partial charge in [-0.15, -0.1) is 0 Å². The summed E-state index contributed by atoms with van der Waals surface area (Å²) in [5.41, 5.74) is 6.98. The predicted octanol–water partition coefficient (Wildman–Crippen LogP) is 0.394. The molecule has 90 valence electrons. The molecule has 1 aliphatic carbocycles. The van der Waals surface area contributed by atoms with Crippen LogP contribution in [-0.4, -0.2) is 40.9 Å². The summed E-state index contributed by atoms with van der Waals surface area (Å²) < 4.78 is 4.18. The third-order valence-electron chi connectivity index (χ3n) is 2.75. The van der Waals surface area contributed by atoms with Crippen molar-refractivity contribution in [2.45, 2.75) is 18.8 Å².